The average molecular weight is 432 g/mol. The summed E-state index contributed by atoms with van der Waals surface area (Å²) in [7, 11) is 0. The standard InChI is InChI=1S/C20H18BrNO5/c21-15-3-1-2-4-17(15)27-18-12-26-20-13(19(18)24)5-6-16(23)14(20)11-22-7-9-25-10-8-22/h1-6,12,23H,7-11H2. The van der Waals surface area contributed by atoms with Crippen molar-refractivity contribution in [3.05, 3.63) is 62.9 Å². The molecular formula is C20H18BrNO5. The fourth-order valence-corrected chi connectivity index (χ4v) is 3.45. The van der Waals surface area contributed by atoms with Crippen molar-refractivity contribution in [1.82, 2.24) is 4.90 Å². The average Bonchev–Trinajstić information content (AvgIpc) is 2.68. The predicted octanol–water partition coefficient (Wildman–Crippen LogP) is 3.89. The zero-order valence-electron chi connectivity index (χ0n) is 14.5. The summed E-state index contributed by atoms with van der Waals surface area (Å²) in [5, 5.41) is 10.7. The molecule has 0 aliphatic carbocycles. The Morgan fingerprint density at radius 3 is 2.67 bits per heavy atom. The van der Waals surface area contributed by atoms with E-state index in [2.05, 4.69) is 20.8 Å². The Bertz CT molecular complexity index is 1030. The maximum absolute atomic E-state index is 12.9. The first-order valence-electron chi connectivity index (χ1n) is 8.62. The van der Waals surface area contributed by atoms with Gasteiger partial charge in [-0.25, -0.2) is 0 Å². The third-order valence-corrected chi connectivity index (χ3v) is 5.19. The number of halogens is 1. The van der Waals surface area contributed by atoms with E-state index in [-0.39, 0.29) is 16.9 Å². The van der Waals surface area contributed by atoms with Crippen LogP contribution in [0.25, 0.3) is 11.0 Å². The monoisotopic (exact) mass is 431 g/mol. The number of hydrogen-bond acceptors (Lipinski definition) is 6. The van der Waals surface area contributed by atoms with Gasteiger partial charge in [-0.15, -0.1) is 0 Å². The normalized spacial score (nSPS) is 15.1. The molecule has 0 bridgehead atoms. The van der Waals surface area contributed by atoms with Crippen molar-refractivity contribution in [2.45, 2.75) is 6.54 Å². The van der Waals surface area contributed by atoms with Crippen LogP contribution in [0.3, 0.4) is 0 Å². The molecule has 27 heavy (non-hydrogen) atoms. The summed E-state index contributed by atoms with van der Waals surface area (Å²) in [4.78, 5) is 15.0. The molecule has 1 fully saturated rings. The molecule has 7 heteroatoms. The third kappa shape index (κ3) is 3.71. The zero-order valence-corrected chi connectivity index (χ0v) is 16.1. The molecule has 1 N–H and O–H groups in total. The second-order valence-electron chi connectivity index (χ2n) is 6.29. The molecule has 1 aliphatic rings. The molecule has 1 aliphatic heterocycles. The van der Waals surface area contributed by atoms with Crippen molar-refractivity contribution in [3.8, 4) is 17.2 Å². The van der Waals surface area contributed by atoms with Crippen molar-refractivity contribution in [2.24, 2.45) is 0 Å². The highest BCUT2D eigenvalue weighted by molar-refractivity contribution is 9.10. The quantitative estimate of drug-likeness (QED) is 0.675. The molecule has 0 amide bonds. The van der Waals surface area contributed by atoms with Gasteiger partial charge in [-0.05, 0) is 40.2 Å². The van der Waals surface area contributed by atoms with E-state index >= 15 is 0 Å². The van der Waals surface area contributed by atoms with Crippen LogP contribution in [-0.4, -0.2) is 36.3 Å². The van der Waals surface area contributed by atoms with E-state index in [0.717, 1.165) is 17.6 Å². The summed E-state index contributed by atoms with van der Waals surface area (Å²) in [5.41, 5.74) is 0.695. The number of hydrogen-bond donors (Lipinski definition) is 1. The van der Waals surface area contributed by atoms with E-state index in [1.165, 1.54) is 12.3 Å². The molecule has 1 saturated heterocycles. The number of para-hydroxylation sites is 1. The lowest BCUT2D eigenvalue weighted by molar-refractivity contribution is 0.0339. The van der Waals surface area contributed by atoms with Crippen LogP contribution in [0.5, 0.6) is 17.2 Å². The van der Waals surface area contributed by atoms with Crippen LogP contribution >= 0.6 is 15.9 Å². The maximum atomic E-state index is 12.9. The molecule has 2 aromatic carbocycles. The molecule has 0 atom stereocenters. The van der Waals surface area contributed by atoms with Crippen LogP contribution in [0.4, 0.5) is 0 Å². The van der Waals surface area contributed by atoms with Crippen LogP contribution in [0.15, 0.2) is 56.3 Å². The van der Waals surface area contributed by atoms with Crippen LogP contribution in [-0.2, 0) is 11.3 Å². The Kier molecular flexibility index (Phi) is 5.15. The molecule has 0 radical (unpaired) electrons. The van der Waals surface area contributed by atoms with Gasteiger partial charge in [0.15, 0.2) is 0 Å². The van der Waals surface area contributed by atoms with Crippen LogP contribution in [0, 0.1) is 0 Å². The van der Waals surface area contributed by atoms with Gasteiger partial charge in [0.1, 0.15) is 23.3 Å². The lowest BCUT2D eigenvalue weighted by Gasteiger charge is -2.26. The number of morpholine rings is 1. The Labute approximate surface area is 164 Å². The van der Waals surface area contributed by atoms with E-state index in [1.807, 2.05) is 18.2 Å². The number of fused-ring (bicyclic) bond motifs is 1. The molecule has 0 unspecified atom stereocenters. The minimum atomic E-state index is -0.282. The van der Waals surface area contributed by atoms with E-state index in [0.29, 0.717) is 42.0 Å². The summed E-state index contributed by atoms with van der Waals surface area (Å²) in [6, 6.07) is 10.4. The molecule has 140 valence electrons. The van der Waals surface area contributed by atoms with Gasteiger partial charge in [0.25, 0.3) is 0 Å². The highest BCUT2D eigenvalue weighted by Gasteiger charge is 2.19. The van der Waals surface area contributed by atoms with Gasteiger partial charge in [0.2, 0.25) is 11.2 Å². The van der Waals surface area contributed by atoms with Crippen molar-refractivity contribution < 1.29 is 19.0 Å². The van der Waals surface area contributed by atoms with Crippen molar-refractivity contribution >= 4 is 26.9 Å². The maximum Gasteiger partial charge on any atom is 0.235 e. The lowest BCUT2D eigenvalue weighted by Crippen LogP contribution is -2.35. The summed E-state index contributed by atoms with van der Waals surface area (Å²) in [5.74, 6) is 0.727. The summed E-state index contributed by atoms with van der Waals surface area (Å²) >= 11 is 3.40. The number of nitrogens with zero attached hydrogens (tertiary/aromatic N) is 1. The van der Waals surface area contributed by atoms with Crippen molar-refractivity contribution in [2.75, 3.05) is 26.3 Å². The highest BCUT2D eigenvalue weighted by Crippen LogP contribution is 2.31. The Morgan fingerprint density at radius 1 is 1.11 bits per heavy atom. The van der Waals surface area contributed by atoms with Gasteiger partial charge < -0.3 is 19.0 Å². The number of benzene rings is 2. The topological polar surface area (TPSA) is 72.1 Å². The number of rotatable bonds is 4. The number of ether oxygens (including phenoxy) is 2. The van der Waals surface area contributed by atoms with E-state index < -0.39 is 0 Å². The Hall–Kier alpha value is -2.35. The summed E-state index contributed by atoms with van der Waals surface area (Å²) < 4.78 is 17.6. The Balaban J connectivity index is 1.72. The van der Waals surface area contributed by atoms with Gasteiger partial charge >= 0.3 is 0 Å². The van der Waals surface area contributed by atoms with E-state index in [1.54, 1.807) is 12.1 Å². The van der Waals surface area contributed by atoms with Gasteiger partial charge in [-0.1, -0.05) is 12.1 Å². The molecular weight excluding hydrogens is 414 g/mol. The molecule has 6 nitrogen and oxygen atoms in total. The summed E-state index contributed by atoms with van der Waals surface area (Å²) in [6.07, 6.45) is 1.30. The number of aromatic hydroxyl groups is 1. The van der Waals surface area contributed by atoms with Crippen LogP contribution < -0.4 is 10.2 Å². The first-order valence-corrected chi connectivity index (χ1v) is 9.41. The lowest BCUT2D eigenvalue weighted by atomic mass is 10.1. The van der Waals surface area contributed by atoms with Gasteiger partial charge in [-0.3, -0.25) is 9.69 Å². The molecule has 2 heterocycles. The third-order valence-electron chi connectivity index (χ3n) is 4.53. The molecule has 3 aromatic rings. The zero-order chi connectivity index (χ0) is 18.8. The second kappa shape index (κ2) is 7.72. The largest absolute Gasteiger partial charge is 0.507 e. The highest BCUT2D eigenvalue weighted by atomic mass is 79.9. The molecule has 4 rings (SSSR count). The van der Waals surface area contributed by atoms with Crippen LogP contribution in [0.1, 0.15) is 5.56 Å². The Morgan fingerprint density at radius 2 is 1.89 bits per heavy atom. The number of phenolic OH excluding ortho intramolecular Hbond substituents is 1. The van der Waals surface area contributed by atoms with E-state index in [9.17, 15) is 9.90 Å². The molecule has 0 spiro atoms. The van der Waals surface area contributed by atoms with Crippen molar-refractivity contribution in [3.63, 3.8) is 0 Å². The fourth-order valence-electron chi connectivity index (χ4n) is 3.08. The first kappa shape index (κ1) is 18.0. The van der Waals surface area contributed by atoms with Gasteiger partial charge in [0.05, 0.1) is 28.6 Å². The molecule has 1 aromatic heterocycles. The first-order chi connectivity index (χ1) is 13.1. The minimum absolute atomic E-state index is 0.0948. The van der Waals surface area contributed by atoms with Gasteiger partial charge in [0, 0.05) is 19.6 Å². The van der Waals surface area contributed by atoms with Crippen molar-refractivity contribution in [1.29, 1.82) is 0 Å². The summed E-state index contributed by atoms with van der Waals surface area (Å²) in [6.45, 7) is 3.32. The fraction of sp³-hybridized carbons (Fsp3) is 0.250. The smallest absolute Gasteiger partial charge is 0.235 e. The predicted molar refractivity (Wildman–Crippen MR) is 104 cm³/mol. The minimum Gasteiger partial charge on any atom is -0.507 e. The second-order valence-corrected chi connectivity index (χ2v) is 7.14. The van der Waals surface area contributed by atoms with Crippen LogP contribution in [0.2, 0.25) is 0 Å². The van der Waals surface area contributed by atoms with E-state index in [4.69, 9.17) is 13.9 Å². The number of phenols is 1. The van der Waals surface area contributed by atoms with Gasteiger partial charge in [-0.2, -0.15) is 0 Å². The SMILES string of the molecule is O=c1c(Oc2ccccc2Br)coc2c(CN3CCOCC3)c(O)ccc12. The molecule has 0 saturated carbocycles.